The fourth-order valence-electron chi connectivity index (χ4n) is 3.48. The van der Waals surface area contributed by atoms with E-state index in [2.05, 4.69) is 20.3 Å². The summed E-state index contributed by atoms with van der Waals surface area (Å²) in [7, 11) is 1.61. The summed E-state index contributed by atoms with van der Waals surface area (Å²) in [5.74, 6) is 1.24. The second-order valence-electron chi connectivity index (χ2n) is 7.90. The third-order valence-electron chi connectivity index (χ3n) is 5.03. The van der Waals surface area contributed by atoms with Gasteiger partial charge in [-0.25, -0.2) is 4.98 Å². The lowest BCUT2D eigenvalue weighted by molar-refractivity contribution is -0.120. The van der Waals surface area contributed by atoms with Crippen LogP contribution in [0.3, 0.4) is 0 Å². The molecule has 0 fully saturated rings. The van der Waals surface area contributed by atoms with Gasteiger partial charge in [-0.1, -0.05) is 35.9 Å². The smallest absolute Gasteiger partial charge is 0.301 e. The second kappa shape index (κ2) is 8.51. The molecule has 32 heavy (non-hydrogen) atoms. The number of nitrogens with zero attached hydrogens (tertiary/aromatic N) is 2. The number of imidazole rings is 1. The minimum Gasteiger partial charge on any atom is -0.497 e. The van der Waals surface area contributed by atoms with E-state index in [-0.39, 0.29) is 5.91 Å². The second-order valence-corrected chi connectivity index (χ2v) is 8.30. The molecule has 2 aromatic carbocycles. The zero-order valence-electron chi connectivity index (χ0n) is 18.2. The molecule has 0 saturated heterocycles. The van der Waals surface area contributed by atoms with Gasteiger partial charge in [0.25, 0.3) is 0 Å². The maximum absolute atomic E-state index is 11.4. The maximum atomic E-state index is 11.4. The Labute approximate surface area is 190 Å². The third-order valence-corrected chi connectivity index (χ3v) is 5.32. The lowest BCUT2D eigenvalue weighted by atomic mass is 9.94. The number of halogens is 1. The van der Waals surface area contributed by atoms with Crippen molar-refractivity contribution in [2.24, 2.45) is 0 Å². The Kier molecular flexibility index (Phi) is 5.76. The van der Waals surface area contributed by atoms with Crippen LogP contribution in [-0.2, 0) is 10.3 Å². The molecule has 4 aromatic rings. The van der Waals surface area contributed by atoms with Crippen molar-refractivity contribution >= 4 is 28.7 Å². The first-order valence-electron chi connectivity index (χ1n) is 10.0. The number of hydrogen-bond acceptors (Lipinski definition) is 5. The monoisotopic (exact) mass is 450 g/mol. The summed E-state index contributed by atoms with van der Waals surface area (Å²) in [6.07, 6.45) is 0. The molecule has 164 valence electrons. The molecule has 2 heterocycles. The summed E-state index contributed by atoms with van der Waals surface area (Å²) >= 11 is 6.48. The molecule has 0 atom stereocenters. The van der Waals surface area contributed by atoms with Crippen LogP contribution in [-0.4, -0.2) is 28.0 Å². The van der Waals surface area contributed by atoms with Gasteiger partial charge in [0, 0.05) is 12.5 Å². The number of amides is 1. The van der Waals surface area contributed by atoms with Crippen LogP contribution in [0.5, 0.6) is 17.5 Å². The van der Waals surface area contributed by atoms with E-state index in [1.165, 1.54) is 6.92 Å². The predicted octanol–water partition coefficient (Wildman–Crippen LogP) is 5.45. The molecule has 2 N–H and O–H groups in total. The number of fused-ring (bicyclic) bond motifs is 1. The fraction of sp³-hybridized carbons (Fsp3) is 0.208. The van der Waals surface area contributed by atoms with Gasteiger partial charge in [0.05, 0.1) is 28.9 Å². The first-order valence-corrected chi connectivity index (χ1v) is 10.4. The van der Waals surface area contributed by atoms with Crippen LogP contribution in [0.15, 0.2) is 54.6 Å². The quantitative estimate of drug-likeness (QED) is 0.407. The molecule has 7 nitrogen and oxygen atoms in total. The molecule has 4 rings (SSSR count). The first-order chi connectivity index (χ1) is 15.2. The van der Waals surface area contributed by atoms with E-state index in [1.807, 2.05) is 62.4 Å². The minimum atomic E-state index is -0.485. The summed E-state index contributed by atoms with van der Waals surface area (Å²) in [5, 5.41) is 3.42. The minimum absolute atomic E-state index is 0.0860. The number of nitrogens with one attached hydrogen (secondary N) is 2. The van der Waals surface area contributed by atoms with E-state index < -0.39 is 5.54 Å². The summed E-state index contributed by atoms with van der Waals surface area (Å²) in [5.41, 5.74) is 3.08. The third kappa shape index (κ3) is 4.53. The highest BCUT2D eigenvalue weighted by atomic mass is 35.5. The van der Waals surface area contributed by atoms with Crippen molar-refractivity contribution in [2.45, 2.75) is 26.3 Å². The van der Waals surface area contributed by atoms with Gasteiger partial charge < -0.3 is 19.8 Å². The van der Waals surface area contributed by atoms with Crippen LogP contribution in [0, 0.1) is 0 Å². The van der Waals surface area contributed by atoms with Crippen LogP contribution in [0.25, 0.3) is 22.4 Å². The molecule has 0 aliphatic rings. The molecule has 1 amide bonds. The largest absolute Gasteiger partial charge is 0.497 e. The van der Waals surface area contributed by atoms with Crippen molar-refractivity contribution in [1.82, 2.24) is 20.3 Å². The van der Waals surface area contributed by atoms with Crippen molar-refractivity contribution in [3.8, 4) is 28.8 Å². The Balaban J connectivity index is 1.59. The molecule has 0 spiro atoms. The van der Waals surface area contributed by atoms with Crippen molar-refractivity contribution in [3.05, 3.63) is 65.2 Å². The molecule has 0 bridgehead atoms. The molecule has 2 aromatic heterocycles. The molecule has 0 aliphatic heterocycles. The van der Waals surface area contributed by atoms with E-state index in [4.69, 9.17) is 21.1 Å². The van der Waals surface area contributed by atoms with Gasteiger partial charge in [-0.05, 0) is 49.7 Å². The molecule has 0 unspecified atom stereocenters. The van der Waals surface area contributed by atoms with E-state index in [0.717, 1.165) is 16.9 Å². The number of methoxy groups -OCH3 is 1. The summed E-state index contributed by atoms with van der Waals surface area (Å²) in [4.78, 5) is 23.6. The Hall–Kier alpha value is -3.58. The van der Waals surface area contributed by atoms with Gasteiger partial charge in [0.15, 0.2) is 5.65 Å². The maximum Gasteiger partial charge on any atom is 0.301 e. The molecule has 0 saturated carbocycles. The Morgan fingerprint density at radius 3 is 2.50 bits per heavy atom. The number of pyridine rings is 1. The zero-order valence-corrected chi connectivity index (χ0v) is 18.9. The summed E-state index contributed by atoms with van der Waals surface area (Å²) in [6, 6.07) is 17.1. The topological polar surface area (TPSA) is 89.1 Å². The van der Waals surface area contributed by atoms with E-state index in [1.54, 1.807) is 13.2 Å². The van der Waals surface area contributed by atoms with Crippen LogP contribution < -0.4 is 14.8 Å². The normalized spacial score (nSPS) is 11.4. The van der Waals surface area contributed by atoms with Gasteiger partial charge >= 0.3 is 6.01 Å². The lowest BCUT2D eigenvalue weighted by Gasteiger charge is -2.26. The molecular formula is C24H23ClN4O3. The van der Waals surface area contributed by atoms with E-state index in [9.17, 15) is 4.79 Å². The van der Waals surface area contributed by atoms with Crippen molar-refractivity contribution < 1.29 is 14.3 Å². The molecule has 0 radical (unpaired) electrons. The fourth-order valence-corrected chi connectivity index (χ4v) is 3.74. The average Bonchev–Trinajstić information content (AvgIpc) is 3.13. The molecule has 8 heteroatoms. The molecule has 0 aliphatic carbocycles. The lowest BCUT2D eigenvalue weighted by Crippen LogP contribution is -2.39. The number of hydrogen-bond donors (Lipinski definition) is 2. The summed E-state index contributed by atoms with van der Waals surface area (Å²) < 4.78 is 11.2. The summed E-state index contributed by atoms with van der Waals surface area (Å²) in [6.45, 7) is 5.39. The SMILES string of the molecule is COc1cccc(-c2nc3nc(Oc4ccc(C(C)(C)NC(C)=O)cc4)[nH]c3cc2Cl)c1. The van der Waals surface area contributed by atoms with Crippen LogP contribution in [0.2, 0.25) is 5.02 Å². The van der Waals surface area contributed by atoms with Crippen LogP contribution >= 0.6 is 11.6 Å². The zero-order chi connectivity index (χ0) is 22.9. The number of carbonyl (C=O) groups excluding carboxylic acids is 1. The number of rotatable bonds is 6. The van der Waals surface area contributed by atoms with Crippen molar-refractivity contribution in [1.29, 1.82) is 0 Å². The average molecular weight is 451 g/mol. The van der Waals surface area contributed by atoms with Crippen molar-refractivity contribution in [2.75, 3.05) is 7.11 Å². The molecular weight excluding hydrogens is 428 g/mol. The number of carbonyl (C=O) groups is 1. The van der Waals surface area contributed by atoms with Gasteiger partial charge in [-0.2, -0.15) is 4.98 Å². The first kappa shape index (κ1) is 21.6. The predicted molar refractivity (Wildman–Crippen MR) is 124 cm³/mol. The number of aromatic nitrogens is 3. The highest BCUT2D eigenvalue weighted by Crippen LogP contribution is 2.32. The van der Waals surface area contributed by atoms with Gasteiger partial charge in [-0.3, -0.25) is 4.79 Å². The van der Waals surface area contributed by atoms with E-state index in [0.29, 0.717) is 33.6 Å². The standard InChI is InChI=1S/C24H23ClN4O3/c1-14(30)29-24(2,3)16-8-10-17(11-9-16)32-23-26-20-13-19(25)21(27-22(20)28-23)15-6-5-7-18(12-15)31-4/h5-13H,1-4H3,(H,29,30)(H,26,27,28). The van der Waals surface area contributed by atoms with E-state index >= 15 is 0 Å². The van der Waals surface area contributed by atoms with Crippen LogP contribution in [0.1, 0.15) is 26.3 Å². The highest BCUT2D eigenvalue weighted by molar-refractivity contribution is 6.33. The Morgan fingerprint density at radius 2 is 1.81 bits per heavy atom. The Morgan fingerprint density at radius 1 is 1.06 bits per heavy atom. The number of aromatic amines is 1. The van der Waals surface area contributed by atoms with Crippen molar-refractivity contribution in [3.63, 3.8) is 0 Å². The number of benzene rings is 2. The van der Waals surface area contributed by atoms with Crippen LogP contribution in [0.4, 0.5) is 0 Å². The van der Waals surface area contributed by atoms with Gasteiger partial charge in [0.1, 0.15) is 11.5 Å². The highest BCUT2D eigenvalue weighted by Gasteiger charge is 2.21. The number of H-pyrrole nitrogens is 1. The van der Waals surface area contributed by atoms with Gasteiger partial charge in [-0.15, -0.1) is 0 Å². The number of ether oxygens (including phenoxy) is 2. The van der Waals surface area contributed by atoms with Gasteiger partial charge in [0.2, 0.25) is 5.91 Å². The Bertz CT molecular complexity index is 1280.